The Kier molecular flexibility index (Phi) is 9.72. The Hall–Kier alpha value is -0.150. The second kappa shape index (κ2) is 7.95. The number of rotatable bonds is 4. The second-order valence-electron chi connectivity index (χ2n) is 2.20. The van der Waals surface area contributed by atoms with Gasteiger partial charge in [-0.1, -0.05) is 13.8 Å². The normalized spacial score (nSPS) is 10.4. The fourth-order valence-electron chi connectivity index (χ4n) is 0.368. The summed E-state index contributed by atoms with van der Waals surface area (Å²) in [4.78, 5) is 0. The molecular formula is C8H19FO2. The van der Waals surface area contributed by atoms with Gasteiger partial charge in [0.2, 0.25) is 5.85 Å². The fraction of sp³-hybridized carbons (Fsp3) is 1.00. The Morgan fingerprint density at radius 2 is 1.64 bits per heavy atom. The summed E-state index contributed by atoms with van der Waals surface area (Å²) in [5.41, 5.74) is 0. The number of hydrogen-bond donors (Lipinski definition) is 0. The highest BCUT2D eigenvalue weighted by Gasteiger charge is 2.13. The van der Waals surface area contributed by atoms with Gasteiger partial charge >= 0.3 is 0 Å². The van der Waals surface area contributed by atoms with Gasteiger partial charge < -0.3 is 9.47 Å². The number of hydrogen-bond acceptors (Lipinski definition) is 2. The maximum absolute atomic E-state index is 12.4. The Bertz CT molecular complexity index is 69.0. The summed E-state index contributed by atoms with van der Waals surface area (Å²) in [6.45, 7) is 7.47. The van der Waals surface area contributed by atoms with E-state index in [1.807, 2.05) is 13.8 Å². The van der Waals surface area contributed by atoms with Crippen LogP contribution < -0.4 is 0 Å². The average molecular weight is 166 g/mol. The first-order chi connectivity index (χ1) is 5.06. The zero-order valence-corrected chi connectivity index (χ0v) is 8.11. The maximum atomic E-state index is 12.4. The van der Waals surface area contributed by atoms with Crippen molar-refractivity contribution >= 4 is 0 Å². The van der Waals surface area contributed by atoms with Crippen LogP contribution in [0.25, 0.3) is 0 Å². The van der Waals surface area contributed by atoms with E-state index in [1.165, 1.54) is 13.8 Å². The molecule has 0 aromatic rings. The first kappa shape index (κ1) is 13.4. The monoisotopic (exact) mass is 166 g/mol. The molecule has 0 aliphatic rings. The van der Waals surface area contributed by atoms with Gasteiger partial charge in [0.25, 0.3) is 0 Å². The lowest BCUT2D eigenvalue weighted by Crippen LogP contribution is -2.19. The van der Waals surface area contributed by atoms with Gasteiger partial charge in [-0.2, -0.15) is 0 Å². The number of alkyl halides is 1. The van der Waals surface area contributed by atoms with Crippen LogP contribution >= 0.6 is 0 Å². The topological polar surface area (TPSA) is 18.5 Å². The number of ether oxygens (including phenoxy) is 2. The van der Waals surface area contributed by atoms with Crippen molar-refractivity contribution in [3.8, 4) is 0 Å². The fourth-order valence-corrected chi connectivity index (χ4v) is 0.368. The van der Waals surface area contributed by atoms with Crippen molar-refractivity contribution in [2.45, 2.75) is 33.5 Å². The Labute approximate surface area is 68.7 Å². The molecule has 11 heavy (non-hydrogen) atoms. The number of methoxy groups -OCH3 is 1. The maximum Gasteiger partial charge on any atom is 0.203 e. The van der Waals surface area contributed by atoms with Crippen LogP contribution in [0.2, 0.25) is 0 Å². The van der Waals surface area contributed by atoms with E-state index in [1.54, 1.807) is 7.11 Å². The third kappa shape index (κ3) is 17.7. The third-order valence-corrected chi connectivity index (χ3v) is 0.733. The van der Waals surface area contributed by atoms with E-state index in [-0.39, 0.29) is 0 Å². The van der Waals surface area contributed by atoms with E-state index < -0.39 is 5.85 Å². The largest absolute Gasteiger partial charge is 0.382 e. The molecule has 0 aromatic carbocycles. The quantitative estimate of drug-likeness (QED) is 0.597. The van der Waals surface area contributed by atoms with Gasteiger partial charge in [-0.05, 0) is 13.8 Å². The van der Waals surface area contributed by atoms with Crippen molar-refractivity contribution in [2.24, 2.45) is 0 Å². The number of halogens is 1. The SMILES string of the molecule is CC.COCCOC(C)(C)F. The van der Waals surface area contributed by atoms with E-state index in [2.05, 4.69) is 9.47 Å². The lowest BCUT2D eigenvalue weighted by molar-refractivity contribution is -0.125. The van der Waals surface area contributed by atoms with E-state index in [0.29, 0.717) is 13.2 Å². The van der Waals surface area contributed by atoms with Gasteiger partial charge in [-0.3, -0.25) is 0 Å². The zero-order chi connectivity index (χ0) is 9.33. The molecule has 0 aliphatic carbocycles. The second-order valence-corrected chi connectivity index (χ2v) is 2.20. The summed E-state index contributed by atoms with van der Waals surface area (Å²) >= 11 is 0. The molecule has 0 aromatic heterocycles. The molecule has 0 fully saturated rings. The molecule has 0 atom stereocenters. The van der Waals surface area contributed by atoms with E-state index in [0.717, 1.165) is 0 Å². The molecule has 0 bridgehead atoms. The summed E-state index contributed by atoms with van der Waals surface area (Å²) in [5.74, 6) is -1.53. The summed E-state index contributed by atoms with van der Waals surface area (Å²) < 4.78 is 21.8. The molecule has 0 amide bonds. The van der Waals surface area contributed by atoms with Crippen molar-refractivity contribution in [3.05, 3.63) is 0 Å². The van der Waals surface area contributed by atoms with Gasteiger partial charge in [0.15, 0.2) is 0 Å². The van der Waals surface area contributed by atoms with Crippen LogP contribution in [0.1, 0.15) is 27.7 Å². The highest BCUT2D eigenvalue weighted by molar-refractivity contribution is 4.47. The standard InChI is InChI=1S/C6H13FO2.C2H6/c1-6(2,7)9-5-4-8-3;1-2/h4-5H2,1-3H3;1-2H3. The van der Waals surface area contributed by atoms with Crippen LogP contribution in [0.15, 0.2) is 0 Å². The van der Waals surface area contributed by atoms with Gasteiger partial charge in [-0.25, -0.2) is 4.39 Å². The highest BCUT2D eigenvalue weighted by atomic mass is 19.2. The molecule has 0 heterocycles. The van der Waals surface area contributed by atoms with Crippen LogP contribution in [-0.2, 0) is 9.47 Å². The van der Waals surface area contributed by atoms with E-state index in [9.17, 15) is 4.39 Å². The molecule has 0 unspecified atom stereocenters. The Balaban J connectivity index is 0. The first-order valence-corrected chi connectivity index (χ1v) is 3.88. The average Bonchev–Trinajstić information content (AvgIpc) is 1.90. The summed E-state index contributed by atoms with van der Waals surface area (Å²) in [6, 6.07) is 0. The molecule has 0 radical (unpaired) electrons. The van der Waals surface area contributed by atoms with Crippen LogP contribution in [-0.4, -0.2) is 26.2 Å². The molecule has 3 heteroatoms. The summed E-state index contributed by atoms with van der Waals surface area (Å²) in [7, 11) is 1.55. The van der Waals surface area contributed by atoms with Crippen LogP contribution in [0.4, 0.5) is 4.39 Å². The lowest BCUT2D eigenvalue weighted by Gasteiger charge is -2.14. The van der Waals surface area contributed by atoms with E-state index >= 15 is 0 Å². The molecule has 0 N–H and O–H groups in total. The molecule has 2 nitrogen and oxygen atoms in total. The highest BCUT2D eigenvalue weighted by Crippen LogP contribution is 2.08. The minimum Gasteiger partial charge on any atom is -0.382 e. The predicted molar refractivity (Wildman–Crippen MR) is 44.4 cm³/mol. The van der Waals surface area contributed by atoms with Gasteiger partial charge in [0, 0.05) is 7.11 Å². The summed E-state index contributed by atoms with van der Waals surface area (Å²) in [5, 5.41) is 0. The minimum atomic E-state index is -1.53. The molecule has 0 spiro atoms. The Morgan fingerprint density at radius 1 is 1.18 bits per heavy atom. The van der Waals surface area contributed by atoms with Crippen molar-refractivity contribution in [1.82, 2.24) is 0 Å². The predicted octanol–water partition coefficient (Wildman–Crippen LogP) is 2.38. The van der Waals surface area contributed by atoms with Gasteiger partial charge in [0.1, 0.15) is 0 Å². The molecule has 0 aliphatic heterocycles. The van der Waals surface area contributed by atoms with Gasteiger partial charge in [-0.15, -0.1) is 0 Å². The van der Waals surface area contributed by atoms with Crippen LogP contribution in [0, 0.1) is 0 Å². The van der Waals surface area contributed by atoms with Crippen LogP contribution in [0.5, 0.6) is 0 Å². The zero-order valence-electron chi connectivity index (χ0n) is 8.11. The van der Waals surface area contributed by atoms with Crippen LogP contribution in [0.3, 0.4) is 0 Å². The first-order valence-electron chi connectivity index (χ1n) is 3.88. The smallest absolute Gasteiger partial charge is 0.203 e. The molecule has 0 rings (SSSR count). The molecule has 0 saturated carbocycles. The van der Waals surface area contributed by atoms with Crippen molar-refractivity contribution in [1.29, 1.82) is 0 Å². The lowest BCUT2D eigenvalue weighted by atomic mass is 10.4. The minimum absolute atomic E-state index is 0.306. The van der Waals surface area contributed by atoms with Crippen molar-refractivity contribution in [2.75, 3.05) is 20.3 Å². The Morgan fingerprint density at radius 3 is 1.91 bits per heavy atom. The van der Waals surface area contributed by atoms with Crippen molar-refractivity contribution in [3.63, 3.8) is 0 Å². The third-order valence-electron chi connectivity index (χ3n) is 0.733. The molecular weight excluding hydrogens is 147 g/mol. The summed E-state index contributed by atoms with van der Waals surface area (Å²) in [6.07, 6.45) is 0. The molecule has 0 saturated heterocycles. The molecule has 70 valence electrons. The van der Waals surface area contributed by atoms with Crippen molar-refractivity contribution < 1.29 is 13.9 Å². The van der Waals surface area contributed by atoms with Gasteiger partial charge in [0.05, 0.1) is 13.2 Å². The van der Waals surface area contributed by atoms with E-state index in [4.69, 9.17) is 0 Å².